The highest BCUT2D eigenvalue weighted by atomic mass is 35.5. The molecule has 2 aliphatic carbocycles. The number of carbonyl (C=O) groups excluding carboxylic acids is 1. The molecule has 0 aliphatic heterocycles. The van der Waals surface area contributed by atoms with Gasteiger partial charge in [0, 0.05) is 23.4 Å². The van der Waals surface area contributed by atoms with Gasteiger partial charge in [0.2, 0.25) is 5.91 Å². The highest BCUT2D eigenvalue weighted by Gasteiger charge is 2.37. The zero-order valence-electron chi connectivity index (χ0n) is 20.4. The van der Waals surface area contributed by atoms with E-state index in [2.05, 4.69) is 18.8 Å². The molecule has 0 bridgehead atoms. The molecule has 0 saturated heterocycles. The maximum Gasteiger partial charge on any atom is 0.348 e. The second kappa shape index (κ2) is 11.7. The number of hydrogen-bond acceptors (Lipinski definition) is 4. The zero-order chi connectivity index (χ0) is 23.5. The highest BCUT2D eigenvalue weighted by molar-refractivity contribution is 7.15. The van der Waals surface area contributed by atoms with E-state index in [1.165, 1.54) is 11.3 Å². The Balaban J connectivity index is 0.00000385. The van der Waals surface area contributed by atoms with Crippen molar-refractivity contribution < 1.29 is 14.7 Å². The second-order valence-electron chi connectivity index (χ2n) is 10.5. The van der Waals surface area contributed by atoms with Crippen molar-refractivity contribution in [3.05, 3.63) is 15.8 Å². The van der Waals surface area contributed by atoms with E-state index < -0.39 is 5.97 Å². The molecule has 2 fully saturated rings. The van der Waals surface area contributed by atoms with Gasteiger partial charge in [-0.25, -0.2) is 4.79 Å². The first kappa shape index (κ1) is 27.7. The molecule has 1 aromatic heterocycles. The molecular formula is C26H39ClN2O3S. The highest BCUT2D eigenvalue weighted by Crippen LogP contribution is 2.39. The smallest absolute Gasteiger partial charge is 0.348 e. The Morgan fingerprint density at radius 2 is 1.73 bits per heavy atom. The van der Waals surface area contributed by atoms with Crippen LogP contribution >= 0.6 is 23.7 Å². The van der Waals surface area contributed by atoms with E-state index in [1.54, 1.807) is 0 Å². The number of aromatic carboxylic acids is 1. The maximum atomic E-state index is 13.8. The van der Waals surface area contributed by atoms with Crippen LogP contribution in [0.4, 0.5) is 5.69 Å². The van der Waals surface area contributed by atoms with Crippen LogP contribution in [0.1, 0.15) is 100 Å². The number of carbonyl (C=O) groups is 2. The summed E-state index contributed by atoms with van der Waals surface area (Å²) >= 11 is 1.18. The predicted octanol–water partition coefficient (Wildman–Crippen LogP) is 6.09. The fourth-order valence-electron chi connectivity index (χ4n) is 4.89. The number of anilines is 1. The molecular weight excluding hydrogens is 456 g/mol. The molecule has 0 radical (unpaired) electrons. The molecule has 184 valence electrons. The predicted molar refractivity (Wildman–Crippen MR) is 138 cm³/mol. The lowest BCUT2D eigenvalue weighted by Gasteiger charge is -2.39. The maximum absolute atomic E-state index is 13.8. The van der Waals surface area contributed by atoms with Gasteiger partial charge in [0.15, 0.2) is 0 Å². The van der Waals surface area contributed by atoms with Crippen molar-refractivity contribution in [2.45, 2.75) is 97.6 Å². The number of halogens is 1. The lowest BCUT2D eigenvalue weighted by molar-refractivity contribution is -0.124. The molecule has 0 spiro atoms. The molecule has 3 rings (SSSR count). The van der Waals surface area contributed by atoms with Crippen LogP contribution in [0.15, 0.2) is 6.07 Å². The standard InChI is InChI=1S/C26H38N2O3S.ClH/c1-5-17-6-8-18(9-7-17)24(29)28(20-12-10-19(27)11-13-20)22-16-21(14-15-26(2,3)4)32-23(22)25(30)31;/h16-20H,5-13,27H2,1-4H3,(H,30,31);1H. The molecule has 1 heterocycles. The Bertz CT molecular complexity index is 880. The largest absolute Gasteiger partial charge is 0.477 e. The van der Waals surface area contributed by atoms with Crippen LogP contribution in [0, 0.1) is 29.1 Å². The van der Waals surface area contributed by atoms with Crippen LogP contribution in [0.25, 0.3) is 0 Å². The van der Waals surface area contributed by atoms with E-state index in [0.29, 0.717) is 16.5 Å². The van der Waals surface area contributed by atoms with E-state index in [9.17, 15) is 14.7 Å². The second-order valence-corrected chi connectivity index (χ2v) is 11.6. The van der Waals surface area contributed by atoms with E-state index in [0.717, 1.165) is 57.8 Å². The van der Waals surface area contributed by atoms with Gasteiger partial charge in [-0.2, -0.15) is 0 Å². The first-order chi connectivity index (χ1) is 15.1. The Labute approximate surface area is 208 Å². The van der Waals surface area contributed by atoms with Crippen LogP contribution in [-0.2, 0) is 4.79 Å². The molecule has 3 N–H and O–H groups in total. The molecule has 2 aliphatic rings. The number of carboxylic acids is 1. The van der Waals surface area contributed by atoms with Gasteiger partial charge >= 0.3 is 5.97 Å². The third kappa shape index (κ3) is 7.21. The van der Waals surface area contributed by atoms with Gasteiger partial charge < -0.3 is 15.7 Å². The zero-order valence-corrected chi connectivity index (χ0v) is 22.0. The summed E-state index contributed by atoms with van der Waals surface area (Å²) in [7, 11) is 0. The molecule has 2 saturated carbocycles. The van der Waals surface area contributed by atoms with Crippen molar-refractivity contribution in [3.8, 4) is 11.8 Å². The Hall–Kier alpha value is -1.55. The average Bonchev–Trinajstić information content (AvgIpc) is 3.17. The van der Waals surface area contributed by atoms with Gasteiger partial charge in [0.05, 0.1) is 10.6 Å². The van der Waals surface area contributed by atoms with E-state index in [-0.39, 0.29) is 46.6 Å². The Kier molecular flexibility index (Phi) is 9.84. The Morgan fingerprint density at radius 3 is 2.24 bits per heavy atom. The van der Waals surface area contributed by atoms with E-state index in [4.69, 9.17) is 5.73 Å². The molecule has 0 unspecified atom stereocenters. The lowest BCUT2D eigenvalue weighted by atomic mass is 9.79. The minimum atomic E-state index is -0.992. The van der Waals surface area contributed by atoms with Crippen molar-refractivity contribution in [1.29, 1.82) is 0 Å². The molecule has 0 aromatic carbocycles. The van der Waals surface area contributed by atoms with Crippen LogP contribution in [0.2, 0.25) is 0 Å². The van der Waals surface area contributed by atoms with Crippen LogP contribution in [0.5, 0.6) is 0 Å². The summed E-state index contributed by atoms with van der Waals surface area (Å²) in [6.45, 7) is 8.30. The van der Waals surface area contributed by atoms with Crippen LogP contribution in [0.3, 0.4) is 0 Å². The fraction of sp³-hybridized carbons (Fsp3) is 0.692. The van der Waals surface area contributed by atoms with Gasteiger partial charge in [0.1, 0.15) is 4.88 Å². The van der Waals surface area contributed by atoms with Crippen molar-refractivity contribution in [1.82, 2.24) is 0 Å². The topological polar surface area (TPSA) is 83.6 Å². The fourth-order valence-corrected chi connectivity index (χ4v) is 5.74. The van der Waals surface area contributed by atoms with Gasteiger partial charge in [-0.1, -0.05) is 25.2 Å². The normalized spacial score (nSPS) is 25.4. The van der Waals surface area contributed by atoms with Crippen molar-refractivity contribution in [2.75, 3.05) is 4.90 Å². The summed E-state index contributed by atoms with van der Waals surface area (Å²) < 4.78 is 0. The third-order valence-corrected chi connectivity index (χ3v) is 7.87. The number of nitrogens with two attached hydrogens (primary N) is 1. The summed E-state index contributed by atoms with van der Waals surface area (Å²) in [6.07, 6.45) is 8.45. The monoisotopic (exact) mass is 494 g/mol. The molecule has 1 aromatic rings. The number of rotatable bonds is 5. The number of nitrogens with zero attached hydrogens (tertiary/aromatic N) is 1. The summed E-state index contributed by atoms with van der Waals surface area (Å²) in [4.78, 5) is 28.8. The first-order valence-electron chi connectivity index (χ1n) is 12.1. The molecule has 7 heteroatoms. The molecule has 0 atom stereocenters. The number of hydrogen-bond donors (Lipinski definition) is 2. The lowest BCUT2D eigenvalue weighted by Crippen LogP contribution is -2.47. The summed E-state index contributed by atoms with van der Waals surface area (Å²) in [5, 5.41) is 9.96. The SMILES string of the molecule is CCC1CCC(C(=O)N(c2cc(C#CC(C)(C)C)sc2C(=O)O)C2CCC(N)CC2)CC1.Cl. The van der Waals surface area contributed by atoms with Crippen molar-refractivity contribution >= 4 is 41.3 Å². The Morgan fingerprint density at radius 1 is 1.12 bits per heavy atom. The number of thiophene rings is 1. The van der Waals surface area contributed by atoms with Gasteiger partial charge in [-0.3, -0.25) is 4.79 Å². The molecule has 1 amide bonds. The molecule has 5 nitrogen and oxygen atoms in total. The molecule has 33 heavy (non-hydrogen) atoms. The number of carboxylic acid groups (broad SMARTS) is 1. The average molecular weight is 495 g/mol. The van der Waals surface area contributed by atoms with Crippen molar-refractivity contribution in [2.24, 2.45) is 23.0 Å². The van der Waals surface area contributed by atoms with Gasteiger partial charge in [-0.15, -0.1) is 23.7 Å². The quantitative estimate of drug-likeness (QED) is 0.485. The summed E-state index contributed by atoms with van der Waals surface area (Å²) in [5.74, 6) is 6.11. The third-order valence-electron chi connectivity index (χ3n) is 6.84. The number of amides is 1. The van der Waals surface area contributed by atoms with Crippen molar-refractivity contribution in [3.63, 3.8) is 0 Å². The summed E-state index contributed by atoms with van der Waals surface area (Å²) in [5.41, 5.74) is 6.49. The first-order valence-corrected chi connectivity index (χ1v) is 12.9. The van der Waals surface area contributed by atoms with Crippen LogP contribution < -0.4 is 10.6 Å². The minimum Gasteiger partial charge on any atom is -0.477 e. The minimum absolute atomic E-state index is 0. The van der Waals surface area contributed by atoms with Gasteiger partial charge in [-0.05, 0) is 84.1 Å². The summed E-state index contributed by atoms with van der Waals surface area (Å²) in [6, 6.07) is 2.00. The van der Waals surface area contributed by atoms with Gasteiger partial charge in [0.25, 0.3) is 0 Å². The van der Waals surface area contributed by atoms with Crippen LogP contribution in [-0.4, -0.2) is 29.1 Å². The van der Waals surface area contributed by atoms with E-state index >= 15 is 0 Å². The van der Waals surface area contributed by atoms with E-state index in [1.807, 2.05) is 31.7 Å².